The molecule has 0 saturated carbocycles. The Morgan fingerprint density at radius 3 is 1.58 bits per heavy atom. The topological polar surface area (TPSA) is 18.5 Å². The van der Waals surface area contributed by atoms with Crippen molar-refractivity contribution < 1.29 is 9.47 Å². The predicted molar refractivity (Wildman–Crippen MR) is 189 cm³/mol. The molecular weight excluding hydrogens is 584 g/mol. The Kier molecular flexibility index (Phi) is 6.64. The molecule has 2 aromatic heterocycles. The first kappa shape index (κ1) is 26.4. The number of hydrogen-bond acceptors (Lipinski definition) is 4. The summed E-state index contributed by atoms with van der Waals surface area (Å²) >= 11 is 3.72. The van der Waals surface area contributed by atoms with E-state index in [2.05, 4.69) is 115 Å². The maximum absolute atomic E-state index is 6.05. The molecule has 0 atom stereocenters. The van der Waals surface area contributed by atoms with E-state index in [9.17, 15) is 0 Å². The fourth-order valence-electron chi connectivity index (χ4n) is 6.13. The summed E-state index contributed by atoms with van der Waals surface area (Å²) in [6, 6.07) is 46.4. The largest absolute Gasteiger partial charge is 0.496 e. The van der Waals surface area contributed by atoms with Gasteiger partial charge in [-0.1, -0.05) is 78.9 Å². The first-order valence-corrected chi connectivity index (χ1v) is 17.1. The zero-order chi connectivity index (χ0) is 28.9. The first-order chi connectivity index (χ1) is 21.2. The molecular formula is C38H27O2PS2. The van der Waals surface area contributed by atoms with Crippen LogP contribution in [0.4, 0.5) is 0 Å². The van der Waals surface area contributed by atoms with Crippen LogP contribution in [0.25, 0.3) is 51.5 Å². The van der Waals surface area contributed by atoms with Crippen LogP contribution in [-0.4, -0.2) is 14.2 Å². The molecule has 0 amide bonds. The van der Waals surface area contributed by atoms with Crippen LogP contribution in [-0.2, 0) is 0 Å². The van der Waals surface area contributed by atoms with E-state index >= 15 is 0 Å². The first-order valence-electron chi connectivity index (χ1n) is 14.2. The summed E-state index contributed by atoms with van der Waals surface area (Å²) in [6.07, 6.45) is 0. The molecule has 2 nitrogen and oxygen atoms in total. The van der Waals surface area contributed by atoms with Gasteiger partial charge in [-0.25, -0.2) is 0 Å². The minimum atomic E-state index is -0.975. The van der Waals surface area contributed by atoms with Gasteiger partial charge in [0.15, 0.2) is 0 Å². The van der Waals surface area contributed by atoms with Crippen LogP contribution in [0.5, 0.6) is 11.5 Å². The lowest BCUT2D eigenvalue weighted by atomic mass is 10.0. The van der Waals surface area contributed by atoms with Crippen LogP contribution >= 0.6 is 30.6 Å². The molecule has 2 heterocycles. The molecule has 8 rings (SSSR count). The van der Waals surface area contributed by atoms with Gasteiger partial charge in [0.25, 0.3) is 0 Å². The quantitative estimate of drug-likeness (QED) is 0.175. The van der Waals surface area contributed by atoms with Gasteiger partial charge in [-0.15, -0.1) is 22.7 Å². The standard InChI is InChI=1S/C38H27O2PS2/c1-39-31-13-6-3-12-28(31)38-32(40-2)14-9-15-33(38)41(24-18-20-36-29(22-24)26-10-4-7-16-34(26)42-36)25-19-21-37-30(23-25)27-11-5-8-17-35(27)43-37/h3-23H,1-2H3. The van der Waals surface area contributed by atoms with Crippen molar-refractivity contribution in [1.29, 1.82) is 0 Å². The van der Waals surface area contributed by atoms with E-state index in [1.807, 2.05) is 34.8 Å². The normalized spacial score (nSPS) is 11.7. The molecule has 0 fully saturated rings. The monoisotopic (exact) mass is 610 g/mol. The maximum Gasteiger partial charge on any atom is 0.127 e. The lowest BCUT2D eigenvalue weighted by Gasteiger charge is -2.25. The smallest absolute Gasteiger partial charge is 0.127 e. The Labute approximate surface area is 259 Å². The third-order valence-electron chi connectivity index (χ3n) is 8.08. The number of ether oxygens (including phenoxy) is 2. The number of benzene rings is 6. The minimum absolute atomic E-state index is 0.835. The summed E-state index contributed by atoms with van der Waals surface area (Å²) in [5.41, 5.74) is 2.12. The maximum atomic E-state index is 6.05. The summed E-state index contributed by atoms with van der Waals surface area (Å²) in [6.45, 7) is 0. The van der Waals surface area contributed by atoms with Crippen molar-refractivity contribution in [3.63, 3.8) is 0 Å². The van der Waals surface area contributed by atoms with Crippen LogP contribution in [0.1, 0.15) is 0 Å². The van der Waals surface area contributed by atoms with E-state index in [0.29, 0.717) is 0 Å². The third kappa shape index (κ3) is 4.41. The minimum Gasteiger partial charge on any atom is -0.496 e. The SMILES string of the molecule is COc1ccccc1-c1c(OC)cccc1P(c1ccc2sc3ccccc3c2c1)c1ccc2sc3ccccc3c2c1. The van der Waals surface area contributed by atoms with E-state index in [0.717, 1.165) is 22.6 Å². The second-order valence-corrected chi connectivity index (χ2v) is 14.8. The molecule has 0 spiro atoms. The summed E-state index contributed by atoms with van der Waals surface area (Å²) in [4.78, 5) is 0. The van der Waals surface area contributed by atoms with Gasteiger partial charge >= 0.3 is 0 Å². The highest BCUT2D eigenvalue weighted by atomic mass is 32.1. The molecule has 8 aromatic rings. The summed E-state index contributed by atoms with van der Waals surface area (Å²) in [7, 11) is 2.52. The van der Waals surface area contributed by atoms with Crippen LogP contribution in [0, 0.1) is 0 Å². The molecule has 0 unspecified atom stereocenters. The molecule has 0 aliphatic heterocycles. The number of thiophene rings is 2. The van der Waals surface area contributed by atoms with Gasteiger partial charge in [0.1, 0.15) is 11.5 Å². The fraction of sp³-hybridized carbons (Fsp3) is 0.0526. The van der Waals surface area contributed by atoms with E-state index in [1.54, 1.807) is 14.2 Å². The predicted octanol–water partition coefficient (Wildman–Crippen LogP) is 9.86. The summed E-state index contributed by atoms with van der Waals surface area (Å²) < 4.78 is 17.2. The van der Waals surface area contributed by atoms with Gasteiger partial charge in [0.05, 0.1) is 14.2 Å². The van der Waals surface area contributed by atoms with Crippen molar-refractivity contribution in [1.82, 2.24) is 0 Å². The van der Waals surface area contributed by atoms with Gasteiger partial charge < -0.3 is 9.47 Å². The van der Waals surface area contributed by atoms with E-state index in [4.69, 9.17) is 9.47 Å². The average molecular weight is 611 g/mol. The van der Waals surface area contributed by atoms with Crippen molar-refractivity contribution in [3.8, 4) is 22.6 Å². The zero-order valence-corrected chi connectivity index (χ0v) is 26.2. The molecule has 208 valence electrons. The summed E-state index contributed by atoms with van der Waals surface area (Å²) in [5.74, 6) is 1.68. The Morgan fingerprint density at radius 2 is 0.977 bits per heavy atom. The third-order valence-corrected chi connectivity index (χ3v) is 12.8. The lowest BCUT2D eigenvalue weighted by Crippen LogP contribution is -2.22. The molecule has 43 heavy (non-hydrogen) atoms. The second kappa shape index (κ2) is 10.8. The van der Waals surface area contributed by atoms with Crippen molar-refractivity contribution in [3.05, 3.63) is 127 Å². The van der Waals surface area contributed by atoms with Crippen LogP contribution < -0.4 is 25.4 Å². The lowest BCUT2D eigenvalue weighted by molar-refractivity contribution is 0.410. The molecule has 0 aliphatic rings. The molecule has 0 N–H and O–H groups in total. The van der Waals surface area contributed by atoms with Crippen LogP contribution in [0.3, 0.4) is 0 Å². The van der Waals surface area contributed by atoms with Gasteiger partial charge in [-0.05, 0) is 72.4 Å². The van der Waals surface area contributed by atoms with Crippen LogP contribution in [0.2, 0.25) is 0 Å². The van der Waals surface area contributed by atoms with Crippen molar-refractivity contribution in [2.75, 3.05) is 14.2 Å². The highest BCUT2D eigenvalue weighted by Crippen LogP contribution is 2.45. The Morgan fingerprint density at radius 1 is 0.465 bits per heavy atom. The molecule has 6 aromatic carbocycles. The number of fused-ring (bicyclic) bond motifs is 6. The molecule has 5 heteroatoms. The van der Waals surface area contributed by atoms with Gasteiger partial charge in [0, 0.05) is 51.5 Å². The fourth-order valence-corrected chi connectivity index (χ4v) is 10.8. The highest BCUT2D eigenvalue weighted by molar-refractivity contribution is 7.80. The average Bonchev–Trinajstić information content (AvgIpc) is 3.62. The highest BCUT2D eigenvalue weighted by Gasteiger charge is 2.26. The molecule has 0 bridgehead atoms. The van der Waals surface area contributed by atoms with Crippen LogP contribution in [0.15, 0.2) is 127 Å². The van der Waals surface area contributed by atoms with E-state index in [-0.39, 0.29) is 0 Å². The Balaban J connectivity index is 1.44. The van der Waals surface area contributed by atoms with E-state index in [1.165, 1.54) is 56.3 Å². The number of para-hydroxylation sites is 1. The van der Waals surface area contributed by atoms with Gasteiger partial charge in [-0.3, -0.25) is 0 Å². The molecule has 0 saturated heterocycles. The van der Waals surface area contributed by atoms with Crippen molar-refractivity contribution in [2.24, 2.45) is 0 Å². The van der Waals surface area contributed by atoms with Gasteiger partial charge in [0.2, 0.25) is 0 Å². The van der Waals surface area contributed by atoms with E-state index < -0.39 is 7.92 Å². The van der Waals surface area contributed by atoms with Crippen molar-refractivity contribution in [2.45, 2.75) is 0 Å². The Hall–Kier alpha value is -4.21. The second-order valence-electron chi connectivity index (χ2n) is 10.4. The van der Waals surface area contributed by atoms with Crippen molar-refractivity contribution >= 4 is 86.9 Å². The molecule has 0 radical (unpaired) electrons. The zero-order valence-electron chi connectivity index (χ0n) is 23.7. The summed E-state index contributed by atoms with van der Waals surface area (Å²) in [5, 5.41) is 9.13. The number of hydrogen-bond donors (Lipinski definition) is 0. The van der Waals surface area contributed by atoms with Gasteiger partial charge in [-0.2, -0.15) is 0 Å². The number of rotatable bonds is 6. The molecule has 0 aliphatic carbocycles. The Bertz CT molecular complexity index is 2180. The number of methoxy groups -OCH3 is 2.